The summed E-state index contributed by atoms with van der Waals surface area (Å²) in [7, 11) is 0. The molecular weight excluding hydrogens is 220 g/mol. The van der Waals surface area contributed by atoms with Crippen molar-refractivity contribution >= 4 is 5.91 Å². The van der Waals surface area contributed by atoms with Crippen molar-refractivity contribution in [3.63, 3.8) is 0 Å². The second-order valence-corrected chi connectivity index (χ2v) is 4.62. The van der Waals surface area contributed by atoms with Crippen molar-refractivity contribution in [1.29, 1.82) is 0 Å². The van der Waals surface area contributed by atoms with Crippen molar-refractivity contribution in [1.82, 2.24) is 5.43 Å². The highest BCUT2D eigenvalue weighted by molar-refractivity contribution is 5.87. The molecule has 0 saturated carbocycles. The first kappa shape index (κ1) is 11.7. The van der Waals surface area contributed by atoms with Gasteiger partial charge in [0.25, 0.3) is 0 Å². The first-order valence-corrected chi connectivity index (χ1v) is 5.38. The lowest BCUT2D eigenvalue weighted by molar-refractivity contribution is -0.125. The van der Waals surface area contributed by atoms with Crippen LogP contribution >= 0.6 is 0 Å². The summed E-state index contributed by atoms with van der Waals surface area (Å²) in [5.41, 5.74) is 3.33. The van der Waals surface area contributed by atoms with Crippen LogP contribution in [0, 0.1) is 6.92 Å². The maximum Gasteiger partial charge on any atom is 0.243 e. The van der Waals surface area contributed by atoms with E-state index in [1.807, 2.05) is 32.9 Å². The minimum atomic E-state index is -0.709. The highest BCUT2D eigenvalue weighted by atomic mass is 16.7. The van der Waals surface area contributed by atoms with Crippen LogP contribution in [-0.4, -0.2) is 12.7 Å². The molecule has 3 N–H and O–H groups in total. The van der Waals surface area contributed by atoms with Gasteiger partial charge >= 0.3 is 0 Å². The van der Waals surface area contributed by atoms with Crippen LogP contribution in [0.15, 0.2) is 12.1 Å². The molecule has 1 aliphatic heterocycles. The number of ether oxygens (including phenoxy) is 2. The quantitative estimate of drug-likeness (QED) is 0.456. The predicted octanol–water partition coefficient (Wildman–Crippen LogP) is 0.991. The third kappa shape index (κ3) is 1.82. The lowest BCUT2D eigenvalue weighted by Gasteiger charge is -2.25. The number of aryl methyl sites for hydroxylation is 1. The van der Waals surface area contributed by atoms with E-state index in [1.54, 1.807) is 0 Å². The number of amides is 1. The SMILES string of the molecule is Cc1cc2c(cc1C(C)(C)C(=O)NN)OCO2. The normalized spacial score (nSPS) is 13.6. The molecule has 1 aromatic rings. The molecule has 92 valence electrons. The van der Waals surface area contributed by atoms with Gasteiger partial charge in [0.05, 0.1) is 5.41 Å². The van der Waals surface area contributed by atoms with Gasteiger partial charge in [-0.2, -0.15) is 0 Å². The zero-order valence-corrected chi connectivity index (χ0v) is 10.2. The number of rotatable bonds is 2. The number of nitrogens with one attached hydrogen (secondary N) is 1. The Kier molecular flexibility index (Phi) is 2.71. The van der Waals surface area contributed by atoms with Gasteiger partial charge in [0.2, 0.25) is 12.7 Å². The summed E-state index contributed by atoms with van der Waals surface area (Å²) in [6.45, 7) is 5.80. The average molecular weight is 236 g/mol. The topological polar surface area (TPSA) is 73.6 Å². The fourth-order valence-electron chi connectivity index (χ4n) is 2.02. The molecule has 0 fully saturated rings. The van der Waals surface area contributed by atoms with Crippen LogP contribution in [0.5, 0.6) is 11.5 Å². The van der Waals surface area contributed by atoms with E-state index in [0.29, 0.717) is 5.75 Å². The molecule has 0 aliphatic carbocycles. The highest BCUT2D eigenvalue weighted by Gasteiger charge is 2.32. The molecule has 1 aliphatic rings. The number of carbonyl (C=O) groups excluding carboxylic acids is 1. The van der Waals surface area contributed by atoms with Gasteiger partial charge in [0, 0.05) is 0 Å². The Morgan fingerprint density at radius 3 is 2.53 bits per heavy atom. The van der Waals surface area contributed by atoms with Gasteiger partial charge in [-0.3, -0.25) is 10.2 Å². The number of carbonyl (C=O) groups is 1. The minimum absolute atomic E-state index is 0.224. The maximum absolute atomic E-state index is 11.8. The smallest absolute Gasteiger partial charge is 0.243 e. The summed E-state index contributed by atoms with van der Waals surface area (Å²) in [5.74, 6) is 6.35. The molecule has 17 heavy (non-hydrogen) atoms. The van der Waals surface area contributed by atoms with Crippen LogP contribution in [0.1, 0.15) is 25.0 Å². The fourth-order valence-corrected chi connectivity index (χ4v) is 2.02. The number of fused-ring (bicyclic) bond motifs is 1. The molecule has 2 rings (SSSR count). The fraction of sp³-hybridized carbons (Fsp3) is 0.417. The molecule has 5 nitrogen and oxygen atoms in total. The zero-order valence-electron chi connectivity index (χ0n) is 10.2. The Morgan fingerprint density at radius 1 is 1.35 bits per heavy atom. The molecule has 0 spiro atoms. The molecule has 0 aromatic heterocycles. The summed E-state index contributed by atoms with van der Waals surface area (Å²) >= 11 is 0. The van der Waals surface area contributed by atoms with Gasteiger partial charge < -0.3 is 9.47 Å². The third-order valence-corrected chi connectivity index (χ3v) is 3.09. The average Bonchev–Trinajstić information content (AvgIpc) is 2.73. The van der Waals surface area contributed by atoms with Crippen LogP contribution in [0.2, 0.25) is 0 Å². The molecule has 0 atom stereocenters. The molecule has 1 heterocycles. The Labute approximate surface area is 99.9 Å². The number of hydrazine groups is 1. The standard InChI is InChI=1S/C12H16N2O3/c1-7-4-9-10(17-6-16-9)5-8(7)12(2,3)11(15)14-13/h4-5H,6,13H2,1-3H3,(H,14,15). The Morgan fingerprint density at radius 2 is 1.94 bits per heavy atom. The van der Waals surface area contributed by atoms with Crippen molar-refractivity contribution in [3.8, 4) is 11.5 Å². The first-order chi connectivity index (χ1) is 7.96. The van der Waals surface area contributed by atoms with Crippen molar-refractivity contribution in [2.75, 3.05) is 6.79 Å². The molecule has 5 heteroatoms. The third-order valence-electron chi connectivity index (χ3n) is 3.09. The zero-order chi connectivity index (χ0) is 12.6. The molecule has 1 amide bonds. The van der Waals surface area contributed by atoms with Crippen molar-refractivity contribution in [2.24, 2.45) is 5.84 Å². The number of benzene rings is 1. The minimum Gasteiger partial charge on any atom is -0.454 e. The first-order valence-electron chi connectivity index (χ1n) is 5.38. The van der Waals surface area contributed by atoms with Crippen molar-refractivity contribution in [2.45, 2.75) is 26.2 Å². The largest absolute Gasteiger partial charge is 0.454 e. The number of nitrogens with two attached hydrogens (primary N) is 1. The van der Waals surface area contributed by atoms with E-state index in [-0.39, 0.29) is 12.7 Å². The van der Waals surface area contributed by atoms with E-state index in [9.17, 15) is 4.79 Å². The summed E-state index contributed by atoms with van der Waals surface area (Å²) in [6, 6.07) is 3.72. The maximum atomic E-state index is 11.8. The van der Waals surface area contributed by atoms with Crippen LogP contribution < -0.4 is 20.7 Å². The second-order valence-electron chi connectivity index (χ2n) is 4.62. The summed E-state index contributed by atoms with van der Waals surface area (Å²) < 4.78 is 10.6. The molecule has 0 radical (unpaired) electrons. The Bertz CT molecular complexity index is 469. The Hall–Kier alpha value is -1.75. The van der Waals surface area contributed by atoms with Crippen LogP contribution in [0.3, 0.4) is 0 Å². The monoisotopic (exact) mass is 236 g/mol. The van der Waals surface area contributed by atoms with E-state index >= 15 is 0 Å². The molecular formula is C12H16N2O3. The second kappa shape index (κ2) is 3.92. The van der Waals surface area contributed by atoms with Gasteiger partial charge in [-0.15, -0.1) is 0 Å². The van der Waals surface area contributed by atoms with E-state index < -0.39 is 5.41 Å². The summed E-state index contributed by atoms with van der Waals surface area (Å²) in [6.07, 6.45) is 0. The van der Waals surface area contributed by atoms with E-state index in [2.05, 4.69) is 5.43 Å². The molecule has 0 bridgehead atoms. The van der Waals surface area contributed by atoms with E-state index in [0.717, 1.165) is 16.9 Å². The number of hydrogen-bond donors (Lipinski definition) is 2. The van der Waals surface area contributed by atoms with Crippen LogP contribution in [0.25, 0.3) is 0 Å². The van der Waals surface area contributed by atoms with Gasteiger partial charge in [0.15, 0.2) is 11.5 Å². The summed E-state index contributed by atoms with van der Waals surface area (Å²) in [4.78, 5) is 11.8. The van der Waals surface area contributed by atoms with Crippen molar-refractivity contribution < 1.29 is 14.3 Å². The number of hydrogen-bond acceptors (Lipinski definition) is 4. The lowest BCUT2D eigenvalue weighted by atomic mass is 9.81. The summed E-state index contributed by atoms with van der Waals surface area (Å²) in [5, 5.41) is 0. The van der Waals surface area contributed by atoms with Gasteiger partial charge in [-0.05, 0) is 44.0 Å². The Balaban J connectivity index is 2.49. The van der Waals surface area contributed by atoms with Crippen LogP contribution in [0.4, 0.5) is 0 Å². The molecule has 1 aromatic carbocycles. The molecule has 0 unspecified atom stereocenters. The highest BCUT2D eigenvalue weighted by Crippen LogP contribution is 2.38. The van der Waals surface area contributed by atoms with Gasteiger partial charge in [0.1, 0.15) is 0 Å². The van der Waals surface area contributed by atoms with Gasteiger partial charge in [-0.25, -0.2) is 5.84 Å². The van der Waals surface area contributed by atoms with Crippen molar-refractivity contribution in [3.05, 3.63) is 23.3 Å². The van der Waals surface area contributed by atoms with E-state index in [4.69, 9.17) is 15.3 Å². The van der Waals surface area contributed by atoms with Gasteiger partial charge in [-0.1, -0.05) is 0 Å². The van der Waals surface area contributed by atoms with Crippen LogP contribution in [-0.2, 0) is 10.2 Å². The predicted molar refractivity (Wildman–Crippen MR) is 62.7 cm³/mol. The van der Waals surface area contributed by atoms with E-state index in [1.165, 1.54) is 0 Å². The molecule has 0 saturated heterocycles. The lowest BCUT2D eigenvalue weighted by Crippen LogP contribution is -2.43.